The lowest BCUT2D eigenvalue weighted by atomic mass is 10.2. The second-order valence-electron chi connectivity index (χ2n) is 4.28. The van der Waals surface area contributed by atoms with E-state index in [0.717, 1.165) is 0 Å². The van der Waals surface area contributed by atoms with Gasteiger partial charge in [-0.2, -0.15) is 0 Å². The van der Waals surface area contributed by atoms with Gasteiger partial charge >= 0.3 is 0 Å². The Labute approximate surface area is 119 Å². The van der Waals surface area contributed by atoms with E-state index in [1.54, 1.807) is 6.07 Å². The van der Waals surface area contributed by atoms with Crippen LogP contribution in [0.15, 0.2) is 23.1 Å². The fraction of sp³-hybridized carbons (Fsp3) is 0.500. The Morgan fingerprint density at radius 2 is 2.15 bits per heavy atom. The van der Waals surface area contributed by atoms with Crippen LogP contribution in [-0.4, -0.2) is 46.9 Å². The van der Waals surface area contributed by atoms with E-state index in [9.17, 15) is 13.5 Å². The molecule has 0 saturated carbocycles. The normalized spacial score (nSPS) is 13.2. The van der Waals surface area contributed by atoms with Crippen molar-refractivity contribution in [2.45, 2.75) is 17.4 Å². The maximum atomic E-state index is 11.6. The topological polar surface area (TPSA) is 114 Å². The molecule has 0 saturated heterocycles. The first kappa shape index (κ1) is 16.7. The van der Waals surface area contributed by atoms with Crippen LogP contribution < -0.4 is 15.8 Å². The third-order valence-corrected chi connectivity index (χ3v) is 4.17. The van der Waals surface area contributed by atoms with Crippen LogP contribution in [0, 0.1) is 0 Å². The summed E-state index contributed by atoms with van der Waals surface area (Å²) >= 11 is 0. The zero-order valence-electron chi connectivity index (χ0n) is 11.6. The molecule has 0 heterocycles. The molecular formula is C12H21N3O4S. The molecular weight excluding hydrogens is 282 g/mol. The highest BCUT2D eigenvalue weighted by Gasteiger charge is 2.13. The summed E-state index contributed by atoms with van der Waals surface area (Å²) in [4.78, 5) is 0.113. The minimum absolute atomic E-state index is 0.113. The van der Waals surface area contributed by atoms with Crippen molar-refractivity contribution in [2.75, 3.05) is 38.4 Å². The molecule has 20 heavy (non-hydrogen) atoms. The number of anilines is 2. The van der Waals surface area contributed by atoms with Gasteiger partial charge in [0, 0.05) is 13.7 Å². The van der Waals surface area contributed by atoms with Gasteiger partial charge in [0.15, 0.2) is 0 Å². The van der Waals surface area contributed by atoms with Crippen LogP contribution in [0.5, 0.6) is 0 Å². The Bertz CT molecular complexity index is 534. The van der Waals surface area contributed by atoms with Crippen molar-refractivity contribution in [3.8, 4) is 0 Å². The smallest absolute Gasteiger partial charge is 0.240 e. The maximum absolute atomic E-state index is 11.6. The van der Waals surface area contributed by atoms with Crippen LogP contribution in [0.1, 0.15) is 6.42 Å². The second kappa shape index (κ2) is 7.44. The van der Waals surface area contributed by atoms with E-state index in [-0.39, 0.29) is 11.5 Å². The van der Waals surface area contributed by atoms with Gasteiger partial charge in [0.25, 0.3) is 0 Å². The predicted molar refractivity (Wildman–Crippen MR) is 78.1 cm³/mol. The highest BCUT2D eigenvalue weighted by molar-refractivity contribution is 7.89. The third kappa shape index (κ3) is 4.64. The summed E-state index contributed by atoms with van der Waals surface area (Å²) < 4.78 is 30.3. The average molecular weight is 303 g/mol. The Morgan fingerprint density at radius 1 is 1.45 bits per heavy atom. The Balaban J connectivity index is 2.65. The molecule has 0 aliphatic heterocycles. The fourth-order valence-corrected chi connectivity index (χ4v) is 2.40. The first-order chi connectivity index (χ1) is 9.40. The van der Waals surface area contributed by atoms with Crippen LogP contribution in [0.2, 0.25) is 0 Å². The molecule has 0 aliphatic carbocycles. The molecule has 1 rings (SSSR count). The summed E-state index contributed by atoms with van der Waals surface area (Å²) in [5.74, 6) is 0. The molecule has 0 spiro atoms. The Hall–Kier alpha value is -1.35. The lowest BCUT2D eigenvalue weighted by Gasteiger charge is -2.13. The first-order valence-electron chi connectivity index (χ1n) is 6.14. The number of benzene rings is 1. The van der Waals surface area contributed by atoms with Crippen LogP contribution in [-0.2, 0) is 14.8 Å². The standard InChI is InChI=1S/C12H21N3O4S/c1-14-20(17,18)10-3-4-12(11(13)7-10)15-6-5-9(16)8-19-2/h3-4,7,9,14-16H,5-6,8,13H2,1-2H3. The minimum Gasteiger partial charge on any atom is -0.397 e. The molecule has 0 aliphatic rings. The van der Waals surface area contributed by atoms with E-state index in [0.29, 0.717) is 24.3 Å². The van der Waals surface area contributed by atoms with Crippen molar-refractivity contribution in [2.24, 2.45) is 0 Å². The number of methoxy groups -OCH3 is 1. The van der Waals surface area contributed by atoms with Crippen LogP contribution >= 0.6 is 0 Å². The van der Waals surface area contributed by atoms with Gasteiger partial charge in [-0.15, -0.1) is 0 Å². The molecule has 1 aromatic rings. The molecule has 0 bridgehead atoms. The van der Waals surface area contributed by atoms with Crippen molar-refractivity contribution < 1.29 is 18.3 Å². The first-order valence-corrected chi connectivity index (χ1v) is 7.63. The lowest BCUT2D eigenvalue weighted by molar-refractivity contribution is 0.0615. The quantitative estimate of drug-likeness (QED) is 0.502. The summed E-state index contributed by atoms with van der Waals surface area (Å²) in [6, 6.07) is 4.46. The van der Waals surface area contributed by atoms with E-state index in [2.05, 4.69) is 10.0 Å². The molecule has 1 unspecified atom stereocenters. The molecule has 114 valence electrons. The fourth-order valence-electron chi connectivity index (χ4n) is 1.64. The molecule has 0 fully saturated rings. The number of ether oxygens (including phenoxy) is 1. The van der Waals surface area contributed by atoms with Crippen LogP contribution in [0.4, 0.5) is 11.4 Å². The van der Waals surface area contributed by atoms with Gasteiger partial charge < -0.3 is 20.9 Å². The number of nitrogens with one attached hydrogen (secondary N) is 2. The van der Waals surface area contributed by atoms with Gasteiger partial charge in [-0.05, 0) is 31.7 Å². The second-order valence-corrected chi connectivity index (χ2v) is 6.17. The summed E-state index contributed by atoms with van der Waals surface area (Å²) in [5.41, 5.74) is 6.77. The van der Waals surface area contributed by atoms with E-state index in [4.69, 9.17) is 10.5 Å². The number of aliphatic hydroxyl groups excluding tert-OH is 1. The molecule has 5 N–H and O–H groups in total. The largest absolute Gasteiger partial charge is 0.397 e. The SMILES string of the molecule is CNS(=O)(=O)c1ccc(NCCC(O)COC)c(N)c1. The van der Waals surface area contributed by atoms with Crippen molar-refractivity contribution in [3.63, 3.8) is 0 Å². The summed E-state index contributed by atoms with van der Waals surface area (Å²) in [6.07, 6.45) is -0.0400. The van der Waals surface area contributed by atoms with Gasteiger partial charge in [0.05, 0.1) is 29.0 Å². The lowest BCUT2D eigenvalue weighted by Crippen LogP contribution is -2.20. The van der Waals surface area contributed by atoms with Crippen LogP contribution in [0.25, 0.3) is 0 Å². The van der Waals surface area contributed by atoms with E-state index < -0.39 is 16.1 Å². The zero-order chi connectivity index (χ0) is 15.2. The van der Waals surface area contributed by atoms with Crippen molar-refractivity contribution in [1.82, 2.24) is 4.72 Å². The van der Waals surface area contributed by atoms with Gasteiger partial charge in [0.2, 0.25) is 10.0 Å². The molecule has 1 aromatic carbocycles. The highest BCUT2D eigenvalue weighted by atomic mass is 32.2. The molecule has 8 heteroatoms. The average Bonchev–Trinajstić information content (AvgIpc) is 2.40. The summed E-state index contributed by atoms with van der Waals surface area (Å²) in [6.45, 7) is 0.781. The van der Waals surface area contributed by atoms with Gasteiger partial charge in [-0.1, -0.05) is 0 Å². The number of sulfonamides is 1. The van der Waals surface area contributed by atoms with E-state index >= 15 is 0 Å². The molecule has 0 radical (unpaired) electrons. The minimum atomic E-state index is -3.49. The molecule has 0 aromatic heterocycles. The number of hydrogen-bond donors (Lipinski definition) is 4. The maximum Gasteiger partial charge on any atom is 0.240 e. The zero-order valence-corrected chi connectivity index (χ0v) is 12.4. The van der Waals surface area contributed by atoms with Gasteiger partial charge in [0.1, 0.15) is 0 Å². The van der Waals surface area contributed by atoms with Crippen molar-refractivity contribution in [1.29, 1.82) is 0 Å². The predicted octanol–water partition coefficient (Wildman–Crippen LogP) is -0.0138. The molecule has 7 nitrogen and oxygen atoms in total. The summed E-state index contributed by atoms with van der Waals surface area (Å²) in [5, 5.41) is 12.5. The van der Waals surface area contributed by atoms with E-state index in [1.807, 2.05) is 0 Å². The number of rotatable bonds is 8. The highest BCUT2D eigenvalue weighted by Crippen LogP contribution is 2.22. The molecule has 1 atom stereocenters. The number of aliphatic hydroxyl groups is 1. The third-order valence-electron chi connectivity index (χ3n) is 2.75. The number of nitrogens with two attached hydrogens (primary N) is 1. The van der Waals surface area contributed by atoms with Gasteiger partial charge in [-0.25, -0.2) is 13.1 Å². The number of hydrogen-bond acceptors (Lipinski definition) is 6. The molecule has 0 amide bonds. The van der Waals surface area contributed by atoms with E-state index in [1.165, 1.54) is 26.3 Å². The van der Waals surface area contributed by atoms with Crippen molar-refractivity contribution >= 4 is 21.4 Å². The van der Waals surface area contributed by atoms with Crippen LogP contribution in [0.3, 0.4) is 0 Å². The Kier molecular flexibility index (Phi) is 6.21. The Morgan fingerprint density at radius 3 is 2.70 bits per heavy atom. The summed E-state index contributed by atoms with van der Waals surface area (Å²) in [7, 11) is -0.628. The van der Waals surface area contributed by atoms with Gasteiger partial charge in [-0.3, -0.25) is 0 Å². The van der Waals surface area contributed by atoms with Crippen molar-refractivity contribution in [3.05, 3.63) is 18.2 Å². The monoisotopic (exact) mass is 303 g/mol. The number of nitrogen functional groups attached to an aromatic ring is 1.